The lowest BCUT2D eigenvalue weighted by atomic mass is 9.94. The number of carboxylic acid groups (broad SMARTS) is 1. The van der Waals surface area contributed by atoms with E-state index in [4.69, 9.17) is 5.73 Å². The number of hydrogen-bond donors (Lipinski definition) is 2. The fourth-order valence-corrected chi connectivity index (χ4v) is 2.03. The molecule has 1 aromatic carbocycles. The standard InChI is InChI=1S/C15H19NO3/c1-4-11-7-10(6-9(3)14(16)17)8-12(5-2)13(11)15(18)19/h6-8H,4-5H2,1-3H3,(H2,16,17)(H,18,19). The molecule has 0 atom stereocenters. The first-order valence-corrected chi connectivity index (χ1v) is 6.27. The Morgan fingerprint density at radius 3 is 2.00 bits per heavy atom. The summed E-state index contributed by atoms with van der Waals surface area (Å²) in [4.78, 5) is 22.4. The molecule has 0 aliphatic heterocycles. The Bertz CT molecular complexity index is 519. The lowest BCUT2D eigenvalue weighted by Crippen LogP contribution is -2.11. The molecule has 0 aliphatic carbocycles. The van der Waals surface area contributed by atoms with Gasteiger partial charge in [0.25, 0.3) is 0 Å². The van der Waals surface area contributed by atoms with E-state index in [2.05, 4.69) is 0 Å². The van der Waals surface area contributed by atoms with Gasteiger partial charge in [-0.15, -0.1) is 0 Å². The van der Waals surface area contributed by atoms with Crippen molar-refractivity contribution in [2.24, 2.45) is 5.73 Å². The molecule has 0 heterocycles. The van der Waals surface area contributed by atoms with Gasteiger partial charge in [0.1, 0.15) is 0 Å². The van der Waals surface area contributed by atoms with Crippen LogP contribution in [0.25, 0.3) is 6.08 Å². The molecule has 1 rings (SSSR count). The highest BCUT2D eigenvalue weighted by Gasteiger charge is 2.14. The van der Waals surface area contributed by atoms with E-state index in [-0.39, 0.29) is 0 Å². The number of nitrogens with two attached hydrogens (primary N) is 1. The average molecular weight is 261 g/mol. The smallest absolute Gasteiger partial charge is 0.336 e. The number of primary amides is 1. The van der Waals surface area contributed by atoms with Crippen molar-refractivity contribution in [2.75, 3.05) is 0 Å². The summed E-state index contributed by atoms with van der Waals surface area (Å²) in [5, 5.41) is 9.28. The number of aryl methyl sites for hydroxylation is 2. The van der Waals surface area contributed by atoms with Gasteiger partial charge in [-0.3, -0.25) is 4.79 Å². The number of hydrogen-bond acceptors (Lipinski definition) is 2. The Morgan fingerprint density at radius 2 is 1.68 bits per heavy atom. The molecule has 1 aromatic rings. The molecule has 0 radical (unpaired) electrons. The summed E-state index contributed by atoms with van der Waals surface area (Å²) < 4.78 is 0. The van der Waals surface area contributed by atoms with Gasteiger partial charge in [-0.1, -0.05) is 26.0 Å². The number of aromatic carboxylic acids is 1. The normalized spacial score (nSPS) is 11.4. The first-order valence-electron chi connectivity index (χ1n) is 6.27. The molecule has 4 nitrogen and oxygen atoms in total. The van der Waals surface area contributed by atoms with Crippen molar-refractivity contribution in [3.63, 3.8) is 0 Å². The molecular weight excluding hydrogens is 242 g/mol. The summed E-state index contributed by atoms with van der Waals surface area (Å²) in [6.07, 6.45) is 2.95. The quantitative estimate of drug-likeness (QED) is 0.799. The molecular formula is C15H19NO3. The van der Waals surface area contributed by atoms with Crippen molar-refractivity contribution in [1.29, 1.82) is 0 Å². The molecule has 0 bridgehead atoms. The zero-order valence-electron chi connectivity index (χ0n) is 11.5. The minimum atomic E-state index is -0.907. The third kappa shape index (κ3) is 3.44. The molecule has 3 N–H and O–H groups in total. The highest BCUT2D eigenvalue weighted by atomic mass is 16.4. The fraction of sp³-hybridized carbons (Fsp3) is 0.333. The monoisotopic (exact) mass is 261 g/mol. The van der Waals surface area contributed by atoms with Crippen LogP contribution >= 0.6 is 0 Å². The molecule has 0 saturated heterocycles. The second-order valence-electron chi connectivity index (χ2n) is 4.42. The number of carbonyl (C=O) groups is 2. The van der Waals surface area contributed by atoms with Gasteiger partial charge in [0.05, 0.1) is 5.56 Å². The maximum Gasteiger partial charge on any atom is 0.336 e. The van der Waals surface area contributed by atoms with E-state index in [9.17, 15) is 14.7 Å². The molecule has 4 heteroatoms. The van der Waals surface area contributed by atoms with Crippen molar-refractivity contribution in [2.45, 2.75) is 33.6 Å². The van der Waals surface area contributed by atoms with Crippen LogP contribution in [0.3, 0.4) is 0 Å². The second-order valence-corrected chi connectivity index (χ2v) is 4.42. The Kier molecular flexibility index (Phi) is 4.87. The molecule has 0 fully saturated rings. The van der Waals surface area contributed by atoms with Crippen LogP contribution in [-0.2, 0) is 17.6 Å². The molecule has 0 aromatic heterocycles. The first-order chi connectivity index (χ1) is 8.90. The zero-order chi connectivity index (χ0) is 14.6. The van der Waals surface area contributed by atoms with Crippen LogP contribution in [0.2, 0.25) is 0 Å². The SMILES string of the molecule is CCc1cc(C=C(C)C(N)=O)cc(CC)c1C(=O)O. The number of rotatable bonds is 5. The Balaban J connectivity index is 3.43. The largest absolute Gasteiger partial charge is 0.478 e. The van der Waals surface area contributed by atoms with Crippen molar-refractivity contribution >= 4 is 18.0 Å². The number of carboxylic acids is 1. The van der Waals surface area contributed by atoms with Crippen LogP contribution in [0.15, 0.2) is 17.7 Å². The van der Waals surface area contributed by atoms with E-state index >= 15 is 0 Å². The third-order valence-electron chi connectivity index (χ3n) is 3.07. The Morgan fingerprint density at radius 1 is 1.21 bits per heavy atom. The highest BCUT2D eigenvalue weighted by Crippen LogP contribution is 2.21. The zero-order valence-corrected chi connectivity index (χ0v) is 11.5. The Hall–Kier alpha value is -2.10. The molecule has 19 heavy (non-hydrogen) atoms. The van der Waals surface area contributed by atoms with Crippen molar-refractivity contribution in [3.05, 3.63) is 40.0 Å². The van der Waals surface area contributed by atoms with E-state index in [1.165, 1.54) is 0 Å². The van der Waals surface area contributed by atoms with Crippen molar-refractivity contribution in [3.8, 4) is 0 Å². The van der Waals surface area contributed by atoms with Crippen LogP contribution in [0.5, 0.6) is 0 Å². The predicted molar refractivity (Wildman–Crippen MR) is 75.0 cm³/mol. The van der Waals surface area contributed by atoms with Gasteiger partial charge in [-0.2, -0.15) is 0 Å². The molecule has 0 saturated carbocycles. The van der Waals surface area contributed by atoms with Gasteiger partial charge in [0.15, 0.2) is 0 Å². The second kappa shape index (κ2) is 6.18. The van der Waals surface area contributed by atoms with Gasteiger partial charge in [0.2, 0.25) is 5.91 Å². The first kappa shape index (κ1) is 15.0. The van der Waals surface area contributed by atoms with E-state index in [1.54, 1.807) is 25.1 Å². The number of benzene rings is 1. The van der Waals surface area contributed by atoms with E-state index < -0.39 is 11.9 Å². The van der Waals surface area contributed by atoms with Gasteiger partial charge < -0.3 is 10.8 Å². The predicted octanol–water partition coefficient (Wildman–Crippen LogP) is 2.40. The van der Waals surface area contributed by atoms with Crippen LogP contribution in [0.1, 0.15) is 47.8 Å². The number of amides is 1. The molecule has 0 unspecified atom stereocenters. The topological polar surface area (TPSA) is 80.4 Å². The Labute approximate surface area is 112 Å². The van der Waals surface area contributed by atoms with E-state index in [0.717, 1.165) is 16.7 Å². The average Bonchev–Trinajstić information content (AvgIpc) is 2.36. The molecule has 0 spiro atoms. The fourth-order valence-electron chi connectivity index (χ4n) is 2.03. The molecule has 0 aliphatic rings. The maximum atomic E-state index is 11.3. The van der Waals surface area contributed by atoms with E-state index in [1.807, 2.05) is 13.8 Å². The van der Waals surface area contributed by atoms with Crippen LogP contribution in [0, 0.1) is 0 Å². The lowest BCUT2D eigenvalue weighted by Gasteiger charge is -2.11. The minimum Gasteiger partial charge on any atom is -0.478 e. The lowest BCUT2D eigenvalue weighted by molar-refractivity contribution is -0.114. The van der Waals surface area contributed by atoms with Crippen LogP contribution < -0.4 is 5.73 Å². The third-order valence-corrected chi connectivity index (χ3v) is 3.07. The van der Waals surface area contributed by atoms with Gasteiger partial charge in [-0.25, -0.2) is 4.79 Å². The summed E-state index contributed by atoms with van der Waals surface area (Å²) in [7, 11) is 0. The van der Waals surface area contributed by atoms with Gasteiger partial charge in [0, 0.05) is 5.57 Å². The molecule has 1 amide bonds. The van der Waals surface area contributed by atoms with Gasteiger partial charge >= 0.3 is 5.97 Å². The minimum absolute atomic E-state index is 0.374. The summed E-state index contributed by atoms with van der Waals surface area (Å²) >= 11 is 0. The van der Waals surface area contributed by atoms with E-state index in [0.29, 0.717) is 24.0 Å². The maximum absolute atomic E-state index is 11.3. The summed E-state index contributed by atoms with van der Waals surface area (Å²) in [6, 6.07) is 3.60. The van der Waals surface area contributed by atoms with Gasteiger partial charge in [-0.05, 0) is 42.5 Å². The number of carbonyl (C=O) groups excluding carboxylic acids is 1. The molecule has 102 valence electrons. The van der Waals surface area contributed by atoms with Crippen molar-refractivity contribution < 1.29 is 14.7 Å². The van der Waals surface area contributed by atoms with Crippen LogP contribution in [-0.4, -0.2) is 17.0 Å². The summed E-state index contributed by atoms with van der Waals surface area (Å²) in [5.41, 5.74) is 8.39. The highest BCUT2D eigenvalue weighted by molar-refractivity contribution is 5.96. The summed E-state index contributed by atoms with van der Waals surface area (Å²) in [6.45, 7) is 5.47. The van der Waals surface area contributed by atoms with Crippen molar-refractivity contribution in [1.82, 2.24) is 0 Å². The summed E-state index contributed by atoms with van der Waals surface area (Å²) in [5.74, 6) is -1.38. The van der Waals surface area contributed by atoms with Crippen LogP contribution in [0.4, 0.5) is 0 Å².